The number of nitrogens with zero attached hydrogens (tertiary/aromatic N) is 1. The molecule has 2 heterocycles. The van der Waals surface area contributed by atoms with Gasteiger partial charge in [-0.2, -0.15) is 0 Å². The van der Waals surface area contributed by atoms with Gasteiger partial charge in [0, 0.05) is 37.9 Å². The zero-order chi connectivity index (χ0) is 32.1. The van der Waals surface area contributed by atoms with Gasteiger partial charge in [0.1, 0.15) is 0 Å². The lowest BCUT2D eigenvalue weighted by Gasteiger charge is -2.17. The molecular weight excluding hydrogens is 611 g/mol. The number of thiophene rings is 1. The van der Waals surface area contributed by atoms with Crippen LogP contribution in [0.4, 0.5) is 0 Å². The molecule has 0 saturated heterocycles. The molecule has 0 spiro atoms. The number of rotatable bonds is 3. The lowest BCUT2D eigenvalue weighted by Crippen LogP contribution is -2.00. The standard InChI is InChI=1S/C47H29NS/c1-2-15-31(16-3-1)48-42-23-10-8-21-38(42)45-39(28-41-34-19-9-11-24-43(34)49-47(41)46(45)48)30-25-26-37-40(27-30)33-18-6-7-20-36(33)44(37)35-22-12-14-29-13-4-5-17-32(29)35/h1-28,44H. The van der Waals surface area contributed by atoms with Crippen LogP contribution in [0.1, 0.15) is 22.6 Å². The summed E-state index contributed by atoms with van der Waals surface area (Å²) in [4.78, 5) is 0. The third-order valence-electron chi connectivity index (χ3n) is 10.7. The van der Waals surface area contributed by atoms with Crippen molar-refractivity contribution in [2.75, 3.05) is 0 Å². The molecule has 2 heteroatoms. The Balaban J connectivity index is 1.24. The van der Waals surface area contributed by atoms with E-state index in [1.807, 2.05) is 11.3 Å². The van der Waals surface area contributed by atoms with Crippen LogP contribution in [-0.2, 0) is 0 Å². The fraction of sp³-hybridized carbons (Fsp3) is 0.0213. The van der Waals surface area contributed by atoms with Gasteiger partial charge in [-0.25, -0.2) is 0 Å². The van der Waals surface area contributed by atoms with Crippen LogP contribution in [0.3, 0.4) is 0 Å². The maximum absolute atomic E-state index is 2.49. The Bertz CT molecular complexity index is 2940. The van der Waals surface area contributed by atoms with Crippen LogP contribution in [0.15, 0.2) is 170 Å². The van der Waals surface area contributed by atoms with Crippen LogP contribution >= 0.6 is 11.3 Å². The minimum atomic E-state index is 0.190. The van der Waals surface area contributed by atoms with Gasteiger partial charge in [0.2, 0.25) is 0 Å². The zero-order valence-corrected chi connectivity index (χ0v) is 27.4. The third-order valence-corrected chi connectivity index (χ3v) is 11.9. The molecule has 1 unspecified atom stereocenters. The molecule has 10 aromatic rings. The summed E-state index contributed by atoms with van der Waals surface area (Å²) in [5.74, 6) is 0.190. The average Bonchev–Trinajstić information content (AvgIpc) is 3.82. The molecule has 49 heavy (non-hydrogen) atoms. The van der Waals surface area contributed by atoms with Crippen molar-refractivity contribution in [1.29, 1.82) is 0 Å². The van der Waals surface area contributed by atoms with E-state index in [4.69, 9.17) is 0 Å². The minimum Gasteiger partial charge on any atom is -0.308 e. The van der Waals surface area contributed by atoms with E-state index in [0.29, 0.717) is 0 Å². The van der Waals surface area contributed by atoms with Gasteiger partial charge >= 0.3 is 0 Å². The molecule has 1 atom stereocenters. The van der Waals surface area contributed by atoms with Gasteiger partial charge in [0.15, 0.2) is 0 Å². The second kappa shape index (κ2) is 10.3. The van der Waals surface area contributed by atoms with E-state index < -0.39 is 0 Å². The lowest BCUT2D eigenvalue weighted by molar-refractivity contribution is 1.03. The minimum absolute atomic E-state index is 0.190. The summed E-state index contributed by atoms with van der Waals surface area (Å²) in [6, 6.07) is 63.0. The molecule has 0 radical (unpaired) electrons. The second-order valence-corrected chi connectivity index (χ2v) is 14.3. The molecule has 1 aliphatic rings. The first-order chi connectivity index (χ1) is 24.3. The lowest BCUT2D eigenvalue weighted by atomic mass is 9.85. The van der Waals surface area contributed by atoms with E-state index >= 15 is 0 Å². The number of benzene rings is 8. The molecule has 0 saturated carbocycles. The molecule has 0 N–H and O–H groups in total. The van der Waals surface area contributed by atoms with E-state index in [-0.39, 0.29) is 5.92 Å². The second-order valence-electron chi connectivity index (χ2n) is 13.2. The number of para-hydroxylation sites is 2. The van der Waals surface area contributed by atoms with Crippen LogP contribution < -0.4 is 0 Å². The molecule has 0 fully saturated rings. The van der Waals surface area contributed by atoms with Gasteiger partial charge in [-0.3, -0.25) is 0 Å². The van der Waals surface area contributed by atoms with Gasteiger partial charge in [0.05, 0.1) is 15.7 Å². The zero-order valence-electron chi connectivity index (χ0n) is 26.6. The van der Waals surface area contributed by atoms with Crippen LogP contribution in [-0.4, -0.2) is 4.57 Å². The summed E-state index contributed by atoms with van der Waals surface area (Å²) in [6.45, 7) is 0. The number of fused-ring (bicyclic) bond motifs is 11. The Morgan fingerprint density at radius 2 is 1.14 bits per heavy atom. The molecule has 0 aliphatic heterocycles. The van der Waals surface area contributed by atoms with Gasteiger partial charge in [-0.1, -0.05) is 133 Å². The Morgan fingerprint density at radius 3 is 2.06 bits per heavy atom. The molecule has 1 nitrogen and oxygen atoms in total. The van der Waals surface area contributed by atoms with Crippen molar-refractivity contribution in [3.8, 4) is 27.9 Å². The predicted molar refractivity (Wildman–Crippen MR) is 209 cm³/mol. The fourth-order valence-electron chi connectivity index (χ4n) is 8.61. The number of aromatic nitrogens is 1. The summed E-state index contributed by atoms with van der Waals surface area (Å²) in [5, 5.41) is 7.85. The number of hydrogen-bond acceptors (Lipinski definition) is 1. The van der Waals surface area contributed by atoms with Crippen LogP contribution in [0.25, 0.3) is 80.7 Å². The summed E-state index contributed by atoms with van der Waals surface area (Å²) in [7, 11) is 0. The van der Waals surface area contributed by atoms with E-state index in [0.717, 1.165) is 0 Å². The Morgan fingerprint density at radius 1 is 0.449 bits per heavy atom. The van der Waals surface area contributed by atoms with E-state index in [1.54, 1.807) is 0 Å². The Hall–Kier alpha value is -5.96. The fourth-order valence-corrected chi connectivity index (χ4v) is 9.83. The Labute approximate surface area is 287 Å². The maximum Gasteiger partial charge on any atom is 0.0726 e. The summed E-state index contributed by atoms with van der Waals surface area (Å²) in [6.07, 6.45) is 0. The van der Waals surface area contributed by atoms with Gasteiger partial charge in [0.25, 0.3) is 0 Å². The highest BCUT2D eigenvalue weighted by Gasteiger charge is 2.31. The van der Waals surface area contributed by atoms with Gasteiger partial charge in [-0.05, 0) is 86.1 Å². The van der Waals surface area contributed by atoms with Gasteiger partial charge in [-0.15, -0.1) is 11.3 Å². The average molecular weight is 640 g/mol. The van der Waals surface area contributed by atoms with Crippen molar-refractivity contribution in [2.45, 2.75) is 5.92 Å². The van der Waals surface area contributed by atoms with Crippen LogP contribution in [0, 0.1) is 0 Å². The van der Waals surface area contributed by atoms with Crippen molar-refractivity contribution >= 4 is 64.1 Å². The van der Waals surface area contributed by atoms with Crippen molar-refractivity contribution in [2.24, 2.45) is 0 Å². The van der Waals surface area contributed by atoms with E-state index in [2.05, 4.69) is 174 Å². The maximum atomic E-state index is 2.49. The normalized spacial score (nSPS) is 13.9. The summed E-state index contributed by atoms with van der Waals surface area (Å²) in [5.41, 5.74) is 13.1. The molecule has 228 valence electrons. The smallest absolute Gasteiger partial charge is 0.0726 e. The monoisotopic (exact) mass is 639 g/mol. The van der Waals surface area contributed by atoms with E-state index in [1.165, 1.54) is 97.4 Å². The van der Waals surface area contributed by atoms with Crippen LogP contribution in [0.2, 0.25) is 0 Å². The molecule has 0 amide bonds. The molecular formula is C47H29NS. The molecule has 0 bridgehead atoms. The molecule has 2 aromatic heterocycles. The highest BCUT2D eigenvalue weighted by molar-refractivity contribution is 7.26. The highest BCUT2D eigenvalue weighted by Crippen LogP contribution is 2.52. The summed E-state index contributed by atoms with van der Waals surface area (Å²) >= 11 is 1.91. The largest absolute Gasteiger partial charge is 0.308 e. The number of hydrogen-bond donors (Lipinski definition) is 0. The first-order valence-corrected chi connectivity index (χ1v) is 17.8. The Kier molecular flexibility index (Phi) is 5.67. The molecule has 1 aliphatic carbocycles. The van der Waals surface area contributed by atoms with Crippen molar-refractivity contribution in [3.05, 3.63) is 187 Å². The summed E-state index contributed by atoms with van der Waals surface area (Å²) < 4.78 is 5.15. The SMILES string of the molecule is c1ccc(-n2c3ccccc3c3c(-c4ccc5c(c4)-c4ccccc4C5c4cccc5ccccc45)cc4c5ccccc5sc4c32)cc1. The third kappa shape index (κ3) is 3.81. The predicted octanol–water partition coefficient (Wildman–Crippen LogP) is 13.1. The van der Waals surface area contributed by atoms with Gasteiger partial charge < -0.3 is 4.57 Å². The van der Waals surface area contributed by atoms with Crippen LogP contribution in [0.5, 0.6) is 0 Å². The first kappa shape index (κ1) is 27.0. The van der Waals surface area contributed by atoms with Crippen molar-refractivity contribution < 1.29 is 0 Å². The van der Waals surface area contributed by atoms with Crippen molar-refractivity contribution in [1.82, 2.24) is 4.57 Å². The quantitative estimate of drug-likeness (QED) is 0.181. The first-order valence-electron chi connectivity index (χ1n) is 17.0. The topological polar surface area (TPSA) is 4.93 Å². The molecule has 11 rings (SSSR count). The van der Waals surface area contributed by atoms with Crippen molar-refractivity contribution in [3.63, 3.8) is 0 Å². The highest BCUT2D eigenvalue weighted by atomic mass is 32.1. The van der Waals surface area contributed by atoms with E-state index in [9.17, 15) is 0 Å². The molecule has 8 aromatic carbocycles.